The molecule has 1 aliphatic carbocycles. The average Bonchev–Trinajstić information content (AvgIpc) is 2.73. The normalized spacial score (nSPS) is 16.0. The third-order valence-electron chi connectivity index (χ3n) is 4.93. The van der Waals surface area contributed by atoms with E-state index >= 15 is 0 Å². The first kappa shape index (κ1) is 18.9. The first-order chi connectivity index (χ1) is 13.1. The van der Waals surface area contributed by atoms with Gasteiger partial charge in [0.25, 0.3) is 0 Å². The van der Waals surface area contributed by atoms with Gasteiger partial charge in [-0.15, -0.1) is 0 Å². The molecule has 0 aromatic heterocycles. The van der Waals surface area contributed by atoms with Gasteiger partial charge in [-0.3, -0.25) is 4.79 Å². The van der Waals surface area contributed by atoms with Gasteiger partial charge in [0.1, 0.15) is 5.75 Å². The Morgan fingerprint density at radius 1 is 0.926 bits per heavy atom. The largest absolute Gasteiger partial charge is 0.497 e. The minimum atomic E-state index is -1.05. The Labute approximate surface area is 159 Å². The number of carbonyl (C=O) groups excluding carboxylic acids is 2. The number of hydrogen-bond acceptors (Lipinski definition) is 4. The van der Waals surface area contributed by atoms with Gasteiger partial charge in [-0.2, -0.15) is 0 Å². The molecule has 0 atom stereocenters. The highest BCUT2D eigenvalue weighted by Crippen LogP contribution is 2.35. The summed E-state index contributed by atoms with van der Waals surface area (Å²) in [5, 5.41) is 0. The summed E-state index contributed by atoms with van der Waals surface area (Å²) >= 11 is 0. The second-order valence-electron chi connectivity index (χ2n) is 6.78. The maximum absolute atomic E-state index is 13.1. The summed E-state index contributed by atoms with van der Waals surface area (Å²) in [7, 11) is 1.61. The van der Waals surface area contributed by atoms with Crippen molar-refractivity contribution < 1.29 is 19.1 Å². The van der Waals surface area contributed by atoms with Crippen molar-refractivity contribution in [2.75, 3.05) is 7.11 Å². The average molecular weight is 364 g/mol. The smallest absolute Gasteiger partial charge is 0.331 e. The summed E-state index contributed by atoms with van der Waals surface area (Å²) in [5.74, 6) is 0.162. The highest BCUT2D eigenvalue weighted by atomic mass is 16.6. The number of carbonyl (C=O) groups is 2. The molecule has 0 N–H and O–H groups in total. The predicted molar refractivity (Wildman–Crippen MR) is 105 cm³/mol. The molecule has 140 valence electrons. The molecule has 4 heteroatoms. The van der Waals surface area contributed by atoms with Crippen molar-refractivity contribution in [1.29, 1.82) is 0 Å². The quantitative estimate of drug-likeness (QED) is 0.418. The van der Waals surface area contributed by atoms with E-state index in [4.69, 9.17) is 9.47 Å². The van der Waals surface area contributed by atoms with Gasteiger partial charge in [0.15, 0.2) is 5.60 Å². The second kappa shape index (κ2) is 8.67. The van der Waals surface area contributed by atoms with Crippen LogP contribution in [0.15, 0.2) is 60.7 Å². The molecule has 4 nitrogen and oxygen atoms in total. The number of rotatable bonds is 6. The fourth-order valence-electron chi connectivity index (χ4n) is 3.46. The van der Waals surface area contributed by atoms with E-state index in [1.54, 1.807) is 25.3 Å². The number of benzene rings is 2. The summed E-state index contributed by atoms with van der Waals surface area (Å²) in [4.78, 5) is 25.5. The number of esters is 1. The SMILES string of the molecule is COc1ccc(C=CC(=O)OC2(C(=O)c3ccccc3)CCCCC2)cc1. The molecule has 0 unspecified atom stereocenters. The maximum atomic E-state index is 13.1. The fourth-order valence-corrected chi connectivity index (χ4v) is 3.46. The zero-order chi connectivity index (χ0) is 19.1. The molecule has 1 saturated carbocycles. The molecule has 0 amide bonds. The van der Waals surface area contributed by atoms with E-state index in [9.17, 15) is 9.59 Å². The molecule has 27 heavy (non-hydrogen) atoms. The first-order valence-electron chi connectivity index (χ1n) is 9.28. The van der Waals surface area contributed by atoms with Crippen LogP contribution in [-0.2, 0) is 9.53 Å². The van der Waals surface area contributed by atoms with Gasteiger partial charge < -0.3 is 9.47 Å². The van der Waals surface area contributed by atoms with E-state index in [-0.39, 0.29) is 5.78 Å². The van der Waals surface area contributed by atoms with Crippen molar-refractivity contribution in [3.05, 3.63) is 71.8 Å². The Morgan fingerprint density at radius 2 is 1.59 bits per heavy atom. The monoisotopic (exact) mass is 364 g/mol. The van der Waals surface area contributed by atoms with Gasteiger partial charge >= 0.3 is 5.97 Å². The van der Waals surface area contributed by atoms with Crippen LogP contribution in [0.3, 0.4) is 0 Å². The minimum Gasteiger partial charge on any atom is -0.497 e. The van der Waals surface area contributed by atoms with Crippen molar-refractivity contribution in [2.45, 2.75) is 37.7 Å². The number of Topliss-reactive ketones (excluding diaryl/α,β-unsaturated/α-hetero) is 1. The topological polar surface area (TPSA) is 52.6 Å². The van der Waals surface area contributed by atoms with E-state index in [0.717, 1.165) is 30.6 Å². The van der Waals surface area contributed by atoms with E-state index in [2.05, 4.69) is 0 Å². The molecule has 0 heterocycles. The van der Waals surface area contributed by atoms with E-state index < -0.39 is 11.6 Å². The highest BCUT2D eigenvalue weighted by Gasteiger charge is 2.43. The molecular weight excluding hydrogens is 340 g/mol. The predicted octanol–water partition coefficient (Wildman–Crippen LogP) is 4.84. The van der Waals surface area contributed by atoms with Crippen molar-refractivity contribution in [2.24, 2.45) is 0 Å². The van der Waals surface area contributed by atoms with Crippen molar-refractivity contribution in [3.63, 3.8) is 0 Å². The Bertz CT molecular complexity index is 800. The molecule has 0 aliphatic heterocycles. The molecular formula is C23H24O4. The van der Waals surface area contributed by atoms with Gasteiger partial charge in [0.2, 0.25) is 5.78 Å². The number of ether oxygens (including phenoxy) is 2. The molecule has 3 rings (SSSR count). The Balaban J connectivity index is 1.74. The van der Waals surface area contributed by atoms with Crippen molar-refractivity contribution in [3.8, 4) is 5.75 Å². The lowest BCUT2D eigenvalue weighted by Gasteiger charge is -2.35. The lowest BCUT2D eigenvalue weighted by molar-refractivity contribution is -0.151. The fraction of sp³-hybridized carbons (Fsp3) is 0.304. The number of ketones is 1. The number of methoxy groups -OCH3 is 1. The van der Waals surface area contributed by atoms with Crippen molar-refractivity contribution >= 4 is 17.8 Å². The molecule has 2 aromatic rings. The molecule has 0 bridgehead atoms. The lowest BCUT2D eigenvalue weighted by atomic mass is 9.79. The summed E-state index contributed by atoms with van der Waals surface area (Å²) in [6.07, 6.45) is 7.04. The van der Waals surface area contributed by atoms with Crippen LogP contribution in [0.25, 0.3) is 6.08 Å². The highest BCUT2D eigenvalue weighted by molar-refractivity contribution is 6.04. The van der Waals surface area contributed by atoms with Gasteiger partial charge in [-0.05, 0) is 49.5 Å². The molecule has 0 saturated heterocycles. The Kier molecular flexibility index (Phi) is 6.07. The van der Waals surface area contributed by atoms with Crippen LogP contribution in [0.1, 0.15) is 48.0 Å². The maximum Gasteiger partial charge on any atom is 0.331 e. The third-order valence-corrected chi connectivity index (χ3v) is 4.93. The van der Waals surface area contributed by atoms with E-state index in [1.807, 2.05) is 42.5 Å². The van der Waals surface area contributed by atoms with Crippen LogP contribution in [0.5, 0.6) is 5.75 Å². The van der Waals surface area contributed by atoms with Gasteiger partial charge in [-0.25, -0.2) is 4.79 Å². The third kappa shape index (κ3) is 4.64. The zero-order valence-corrected chi connectivity index (χ0v) is 15.5. The van der Waals surface area contributed by atoms with Crippen LogP contribution in [0.2, 0.25) is 0 Å². The van der Waals surface area contributed by atoms with Crippen LogP contribution in [0, 0.1) is 0 Å². The van der Waals surface area contributed by atoms with Crippen LogP contribution in [-0.4, -0.2) is 24.5 Å². The summed E-state index contributed by atoms with van der Waals surface area (Å²) in [6.45, 7) is 0. The summed E-state index contributed by atoms with van der Waals surface area (Å²) in [5.41, 5.74) is 0.396. The first-order valence-corrected chi connectivity index (χ1v) is 9.28. The second-order valence-corrected chi connectivity index (χ2v) is 6.78. The summed E-state index contributed by atoms with van der Waals surface area (Å²) < 4.78 is 10.9. The van der Waals surface area contributed by atoms with E-state index in [1.165, 1.54) is 6.08 Å². The van der Waals surface area contributed by atoms with Crippen molar-refractivity contribution in [1.82, 2.24) is 0 Å². The van der Waals surface area contributed by atoms with Crippen LogP contribution < -0.4 is 4.74 Å². The molecule has 1 aliphatic rings. The van der Waals surface area contributed by atoms with Crippen LogP contribution >= 0.6 is 0 Å². The minimum absolute atomic E-state index is 0.103. The molecule has 0 spiro atoms. The van der Waals surface area contributed by atoms with E-state index in [0.29, 0.717) is 18.4 Å². The standard InChI is InChI=1S/C23H24O4/c1-26-20-13-10-18(11-14-20)12-15-21(24)27-23(16-6-3-7-17-23)22(25)19-8-4-2-5-9-19/h2,4-5,8-15H,3,6-7,16-17H2,1H3. The Hall–Kier alpha value is -2.88. The van der Waals surface area contributed by atoms with Gasteiger partial charge in [0, 0.05) is 11.6 Å². The summed E-state index contributed by atoms with van der Waals surface area (Å²) in [6, 6.07) is 16.4. The van der Waals surface area contributed by atoms with Crippen LogP contribution in [0.4, 0.5) is 0 Å². The molecule has 0 radical (unpaired) electrons. The molecule has 2 aromatic carbocycles. The lowest BCUT2D eigenvalue weighted by Crippen LogP contribution is -2.44. The van der Waals surface area contributed by atoms with Gasteiger partial charge in [-0.1, -0.05) is 48.9 Å². The number of hydrogen-bond donors (Lipinski definition) is 0. The van der Waals surface area contributed by atoms with Gasteiger partial charge in [0.05, 0.1) is 7.11 Å². The Morgan fingerprint density at radius 3 is 2.22 bits per heavy atom. The molecule has 1 fully saturated rings. The zero-order valence-electron chi connectivity index (χ0n) is 15.5.